The molecule has 0 aliphatic carbocycles. The van der Waals surface area contributed by atoms with Crippen molar-refractivity contribution in [3.8, 4) is 5.75 Å². The Balaban J connectivity index is 2.10. The molecule has 5 heteroatoms. The minimum atomic E-state index is -0.795. The van der Waals surface area contributed by atoms with E-state index in [0.717, 1.165) is 16.9 Å². The van der Waals surface area contributed by atoms with Gasteiger partial charge in [-0.15, -0.1) is 0 Å². The highest BCUT2D eigenvalue weighted by molar-refractivity contribution is 5.70. The smallest absolute Gasteiger partial charge is 0.307 e. The van der Waals surface area contributed by atoms with Gasteiger partial charge in [-0.2, -0.15) is 5.10 Å². The summed E-state index contributed by atoms with van der Waals surface area (Å²) < 4.78 is 6.84. The van der Waals surface area contributed by atoms with Crippen molar-refractivity contribution in [2.24, 2.45) is 13.0 Å². The minimum Gasteiger partial charge on any atom is -0.497 e. The van der Waals surface area contributed by atoms with Gasteiger partial charge < -0.3 is 9.84 Å². The Morgan fingerprint density at radius 2 is 2.15 bits per heavy atom. The van der Waals surface area contributed by atoms with Crippen molar-refractivity contribution in [1.29, 1.82) is 0 Å². The molecule has 1 N–H and O–H groups in total. The maximum Gasteiger partial charge on any atom is 0.307 e. The largest absolute Gasteiger partial charge is 0.497 e. The van der Waals surface area contributed by atoms with E-state index in [9.17, 15) is 9.90 Å². The molecule has 0 bridgehead atoms. The first-order valence-electron chi connectivity index (χ1n) is 6.41. The molecule has 0 fully saturated rings. The van der Waals surface area contributed by atoms with Gasteiger partial charge in [0, 0.05) is 13.2 Å². The second-order valence-electron chi connectivity index (χ2n) is 4.82. The Labute approximate surface area is 117 Å². The molecule has 0 amide bonds. The van der Waals surface area contributed by atoms with Gasteiger partial charge in [0.2, 0.25) is 0 Å². The number of hydrogen-bond donors (Lipinski definition) is 1. The van der Waals surface area contributed by atoms with Gasteiger partial charge in [-0.25, -0.2) is 0 Å². The van der Waals surface area contributed by atoms with Crippen LogP contribution in [-0.4, -0.2) is 28.0 Å². The third-order valence-corrected chi connectivity index (χ3v) is 3.21. The van der Waals surface area contributed by atoms with Crippen LogP contribution in [-0.2, 0) is 24.7 Å². The molecule has 1 heterocycles. The first-order chi connectivity index (χ1) is 9.58. The average Bonchev–Trinajstić information content (AvgIpc) is 2.83. The van der Waals surface area contributed by atoms with Gasteiger partial charge in [0.05, 0.1) is 19.2 Å². The summed E-state index contributed by atoms with van der Waals surface area (Å²) in [6.07, 6.45) is 4.50. The van der Waals surface area contributed by atoms with Gasteiger partial charge in [-0.3, -0.25) is 9.48 Å². The van der Waals surface area contributed by atoms with Gasteiger partial charge >= 0.3 is 5.97 Å². The van der Waals surface area contributed by atoms with Crippen molar-refractivity contribution in [1.82, 2.24) is 9.78 Å². The number of benzene rings is 1. The SMILES string of the molecule is COc1cccc(CC(Cc2cnn(C)c2)C(=O)O)c1. The molecule has 2 rings (SSSR count). The predicted octanol–water partition coefficient (Wildman–Crippen LogP) is 1.91. The van der Waals surface area contributed by atoms with E-state index in [-0.39, 0.29) is 0 Å². The second-order valence-corrected chi connectivity index (χ2v) is 4.82. The fourth-order valence-electron chi connectivity index (χ4n) is 2.19. The van der Waals surface area contributed by atoms with Crippen molar-refractivity contribution in [3.05, 3.63) is 47.8 Å². The normalized spacial score (nSPS) is 12.1. The summed E-state index contributed by atoms with van der Waals surface area (Å²) in [4.78, 5) is 11.4. The van der Waals surface area contributed by atoms with Crippen LogP contribution in [0.4, 0.5) is 0 Å². The van der Waals surface area contributed by atoms with E-state index in [1.807, 2.05) is 37.5 Å². The quantitative estimate of drug-likeness (QED) is 0.874. The molecule has 1 atom stereocenters. The van der Waals surface area contributed by atoms with E-state index in [2.05, 4.69) is 5.10 Å². The molecule has 1 aromatic carbocycles. The topological polar surface area (TPSA) is 64.4 Å². The van der Waals surface area contributed by atoms with Crippen LogP contribution in [0.2, 0.25) is 0 Å². The van der Waals surface area contributed by atoms with E-state index in [0.29, 0.717) is 12.8 Å². The van der Waals surface area contributed by atoms with Crippen molar-refractivity contribution in [3.63, 3.8) is 0 Å². The molecule has 0 radical (unpaired) electrons. The molecular formula is C15H18N2O3. The number of aromatic nitrogens is 2. The van der Waals surface area contributed by atoms with Crippen molar-refractivity contribution >= 4 is 5.97 Å². The summed E-state index contributed by atoms with van der Waals surface area (Å²) in [7, 11) is 3.42. The molecule has 106 valence electrons. The van der Waals surface area contributed by atoms with Crippen LogP contribution in [0.1, 0.15) is 11.1 Å². The fourth-order valence-corrected chi connectivity index (χ4v) is 2.19. The predicted molar refractivity (Wildman–Crippen MR) is 74.7 cm³/mol. The standard InChI is InChI=1S/C15H18N2O3/c1-17-10-12(9-16-17)7-13(15(18)19)6-11-4-3-5-14(8-11)20-2/h3-5,8-10,13H,6-7H2,1-2H3,(H,18,19). The number of methoxy groups -OCH3 is 1. The first kappa shape index (κ1) is 14.1. The van der Waals surface area contributed by atoms with E-state index in [1.54, 1.807) is 18.0 Å². The van der Waals surface area contributed by atoms with Gasteiger partial charge in [0.15, 0.2) is 0 Å². The van der Waals surface area contributed by atoms with Crippen molar-refractivity contribution < 1.29 is 14.6 Å². The Bertz CT molecular complexity index is 592. The molecule has 5 nitrogen and oxygen atoms in total. The Kier molecular flexibility index (Phi) is 4.40. The van der Waals surface area contributed by atoms with E-state index >= 15 is 0 Å². The maximum atomic E-state index is 11.4. The van der Waals surface area contributed by atoms with E-state index in [1.165, 1.54) is 0 Å². The Morgan fingerprint density at radius 3 is 2.75 bits per heavy atom. The highest BCUT2D eigenvalue weighted by Gasteiger charge is 2.19. The summed E-state index contributed by atoms with van der Waals surface area (Å²) in [5, 5.41) is 13.4. The fraction of sp³-hybridized carbons (Fsp3) is 0.333. The lowest BCUT2D eigenvalue weighted by atomic mass is 9.94. The molecule has 20 heavy (non-hydrogen) atoms. The Hall–Kier alpha value is -2.30. The molecule has 1 aromatic heterocycles. The number of ether oxygens (including phenoxy) is 1. The third-order valence-electron chi connectivity index (χ3n) is 3.21. The summed E-state index contributed by atoms with van der Waals surface area (Å²) >= 11 is 0. The number of aliphatic carboxylic acids is 1. The lowest BCUT2D eigenvalue weighted by Gasteiger charge is -2.12. The lowest BCUT2D eigenvalue weighted by molar-refractivity contribution is -0.141. The number of aryl methyl sites for hydroxylation is 1. The second kappa shape index (κ2) is 6.23. The van der Waals surface area contributed by atoms with Gasteiger partial charge in [0.25, 0.3) is 0 Å². The van der Waals surface area contributed by atoms with Gasteiger partial charge in [0.1, 0.15) is 5.75 Å². The monoisotopic (exact) mass is 274 g/mol. The van der Waals surface area contributed by atoms with Crippen LogP contribution < -0.4 is 4.74 Å². The molecule has 0 spiro atoms. The number of carboxylic acid groups (broad SMARTS) is 1. The van der Waals surface area contributed by atoms with Crippen LogP contribution in [0.15, 0.2) is 36.7 Å². The summed E-state index contributed by atoms with van der Waals surface area (Å²) in [5.74, 6) is -0.518. The number of nitrogens with zero attached hydrogens (tertiary/aromatic N) is 2. The molecule has 0 saturated heterocycles. The van der Waals surface area contributed by atoms with Gasteiger partial charge in [-0.1, -0.05) is 12.1 Å². The van der Waals surface area contributed by atoms with Crippen LogP contribution in [0.5, 0.6) is 5.75 Å². The molecular weight excluding hydrogens is 256 g/mol. The van der Waals surface area contributed by atoms with E-state index < -0.39 is 11.9 Å². The van der Waals surface area contributed by atoms with Crippen molar-refractivity contribution in [2.75, 3.05) is 7.11 Å². The molecule has 0 saturated carbocycles. The zero-order valence-electron chi connectivity index (χ0n) is 11.6. The average molecular weight is 274 g/mol. The number of carbonyl (C=O) groups is 1. The van der Waals surface area contributed by atoms with Gasteiger partial charge in [-0.05, 0) is 36.1 Å². The summed E-state index contributed by atoms with van der Waals surface area (Å²) in [5.41, 5.74) is 1.89. The van der Waals surface area contributed by atoms with Crippen LogP contribution in [0.25, 0.3) is 0 Å². The highest BCUT2D eigenvalue weighted by atomic mass is 16.5. The zero-order chi connectivity index (χ0) is 14.5. The summed E-state index contributed by atoms with van der Waals surface area (Å²) in [6, 6.07) is 7.51. The number of hydrogen-bond acceptors (Lipinski definition) is 3. The lowest BCUT2D eigenvalue weighted by Crippen LogP contribution is -2.19. The number of carboxylic acids is 1. The minimum absolute atomic E-state index is 0.466. The van der Waals surface area contributed by atoms with Crippen LogP contribution in [0.3, 0.4) is 0 Å². The van der Waals surface area contributed by atoms with Crippen molar-refractivity contribution in [2.45, 2.75) is 12.8 Å². The molecule has 1 unspecified atom stereocenters. The first-order valence-corrected chi connectivity index (χ1v) is 6.41. The molecule has 0 aliphatic heterocycles. The van der Waals surface area contributed by atoms with Crippen LogP contribution in [0, 0.1) is 5.92 Å². The summed E-state index contributed by atoms with van der Waals surface area (Å²) in [6.45, 7) is 0. The third kappa shape index (κ3) is 3.60. The molecule has 2 aromatic rings. The highest BCUT2D eigenvalue weighted by Crippen LogP contribution is 2.19. The molecule has 0 aliphatic rings. The van der Waals surface area contributed by atoms with Crippen LogP contribution >= 0.6 is 0 Å². The van der Waals surface area contributed by atoms with E-state index in [4.69, 9.17) is 4.74 Å². The zero-order valence-corrected chi connectivity index (χ0v) is 11.6. The Morgan fingerprint density at radius 1 is 1.40 bits per heavy atom. The number of rotatable bonds is 6. The maximum absolute atomic E-state index is 11.4.